The number of nitrogens with zero attached hydrogens (tertiary/aromatic N) is 2. The average molecular weight is 420 g/mol. The zero-order chi connectivity index (χ0) is 21.1. The van der Waals surface area contributed by atoms with Crippen molar-refractivity contribution in [1.82, 2.24) is 9.97 Å². The minimum absolute atomic E-state index is 0.651. The number of aromatic nitrogens is 2. The molecule has 1 N–H and O–H groups in total. The van der Waals surface area contributed by atoms with Gasteiger partial charge in [0.25, 0.3) is 0 Å². The van der Waals surface area contributed by atoms with Gasteiger partial charge >= 0.3 is 0 Å². The van der Waals surface area contributed by atoms with Gasteiger partial charge in [-0.1, -0.05) is 12.1 Å². The minimum atomic E-state index is 0.651. The lowest BCUT2D eigenvalue weighted by Gasteiger charge is -2.11. The number of hydrogen-bond acceptors (Lipinski definition) is 6. The monoisotopic (exact) mass is 419 g/mol. The first-order valence-electron chi connectivity index (χ1n) is 10.1. The predicted octanol–water partition coefficient (Wildman–Crippen LogP) is 6.52. The number of anilines is 2. The first-order valence-corrected chi connectivity index (χ1v) is 10.9. The molecule has 0 aliphatic rings. The Hall–Kier alpha value is -3.12. The van der Waals surface area contributed by atoms with Crippen LogP contribution in [0.3, 0.4) is 0 Å². The molecule has 2 heterocycles. The van der Waals surface area contributed by atoms with Crippen LogP contribution in [0.15, 0.2) is 48.5 Å². The van der Waals surface area contributed by atoms with Crippen molar-refractivity contribution in [3.05, 3.63) is 59.2 Å². The van der Waals surface area contributed by atoms with Crippen LogP contribution in [0.1, 0.15) is 24.5 Å². The zero-order valence-electron chi connectivity index (χ0n) is 17.7. The number of hydrogen-bond donors (Lipinski definition) is 1. The molecule has 4 aromatic rings. The lowest BCUT2D eigenvalue weighted by atomic mass is 10.0. The molecular formula is C24H25N3O2S. The van der Waals surface area contributed by atoms with Gasteiger partial charge in [0.05, 0.1) is 18.6 Å². The van der Waals surface area contributed by atoms with Crippen molar-refractivity contribution in [3.63, 3.8) is 0 Å². The molecule has 30 heavy (non-hydrogen) atoms. The summed E-state index contributed by atoms with van der Waals surface area (Å²) in [5.41, 5.74) is 3.25. The second-order valence-electron chi connectivity index (χ2n) is 6.87. The van der Waals surface area contributed by atoms with Crippen LogP contribution in [0.4, 0.5) is 11.5 Å². The first kappa shape index (κ1) is 20.2. The quantitative estimate of drug-likeness (QED) is 0.370. The standard InChI is InChI=1S/C24H25N3O2S/c1-5-28-19-11-7-17(8-12-19)21-15(3)30-24-22(21)23(25-16(4)26-24)27-18-9-13-20(14-10-18)29-6-2/h7-14H,5-6H2,1-4H3,(H,25,26,27). The van der Waals surface area contributed by atoms with Gasteiger partial charge in [0.15, 0.2) is 0 Å². The number of fused-ring (bicyclic) bond motifs is 1. The molecule has 6 heteroatoms. The van der Waals surface area contributed by atoms with Gasteiger partial charge in [-0.25, -0.2) is 9.97 Å². The van der Waals surface area contributed by atoms with Crippen LogP contribution in [0.2, 0.25) is 0 Å². The van der Waals surface area contributed by atoms with E-state index in [0.29, 0.717) is 13.2 Å². The molecular weight excluding hydrogens is 394 g/mol. The highest BCUT2D eigenvalue weighted by atomic mass is 32.1. The molecule has 0 amide bonds. The topological polar surface area (TPSA) is 56.3 Å². The Balaban J connectivity index is 1.77. The van der Waals surface area contributed by atoms with E-state index >= 15 is 0 Å². The van der Waals surface area contributed by atoms with Crippen molar-refractivity contribution in [2.45, 2.75) is 27.7 Å². The smallest absolute Gasteiger partial charge is 0.143 e. The Kier molecular flexibility index (Phi) is 5.86. The summed E-state index contributed by atoms with van der Waals surface area (Å²) < 4.78 is 11.1. The van der Waals surface area contributed by atoms with Crippen molar-refractivity contribution in [2.75, 3.05) is 18.5 Å². The highest BCUT2D eigenvalue weighted by Crippen LogP contribution is 2.41. The molecule has 0 atom stereocenters. The Bertz CT molecular complexity index is 1150. The molecule has 0 fully saturated rings. The fourth-order valence-corrected chi connectivity index (χ4v) is 4.57. The fourth-order valence-electron chi connectivity index (χ4n) is 3.48. The van der Waals surface area contributed by atoms with Crippen molar-refractivity contribution < 1.29 is 9.47 Å². The molecule has 0 aliphatic carbocycles. The zero-order valence-corrected chi connectivity index (χ0v) is 18.5. The highest BCUT2D eigenvalue weighted by molar-refractivity contribution is 7.19. The van der Waals surface area contributed by atoms with E-state index in [0.717, 1.165) is 50.2 Å². The van der Waals surface area contributed by atoms with Crippen LogP contribution in [0.25, 0.3) is 21.3 Å². The molecule has 0 saturated carbocycles. The van der Waals surface area contributed by atoms with Crippen molar-refractivity contribution >= 4 is 33.1 Å². The Morgan fingerprint density at radius 3 is 2.03 bits per heavy atom. The SMILES string of the molecule is CCOc1ccc(Nc2nc(C)nc3sc(C)c(-c4ccc(OCC)cc4)c23)cc1. The number of rotatable bonds is 7. The second kappa shape index (κ2) is 8.71. The highest BCUT2D eigenvalue weighted by Gasteiger charge is 2.18. The summed E-state index contributed by atoms with van der Waals surface area (Å²) in [4.78, 5) is 11.6. The molecule has 5 nitrogen and oxygen atoms in total. The number of ether oxygens (including phenoxy) is 2. The molecule has 0 bridgehead atoms. The van der Waals surface area contributed by atoms with E-state index in [9.17, 15) is 0 Å². The van der Waals surface area contributed by atoms with E-state index in [1.54, 1.807) is 11.3 Å². The van der Waals surface area contributed by atoms with Gasteiger partial charge in [-0.15, -0.1) is 11.3 Å². The first-order chi connectivity index (χ1) is 14.6. The number of aryl methyl sites for hydroxylation is 2. The van der Waals surface area contributed by atoms with Gasteiger partial charge in [0.1, 0.15) is 28.0 Å². The molecule has 2 aromatic heterocycles. The van der Waals surface area contributed by atoms with Crippen LogP contribution < -0.4 is 14.8 Å². The molecule has 0 unspecified atom stereocenters. The summed E-state index contributed by atoms with van der Waals surface area (Å²) in [5.74, 6) is 3.29. The van der Waals surface area contributed by atoms with Crippen LogP contribution in [0.5, 0.6) is 11.5 Å². The third kappa shape index (κ3) is 4.09. The van der Waals surface area contributed by atoms with Crippen LogP contribution in [0, 0.1) is 13.8 Å². The largest absolute Gasteiger partial charge is 0.494 e. The summed E-state index contributed by atoms with van der Waals surface area (Å²) in [5, 5.41) is 4.53. The van der Waals surface area contributed by atoms with E-state index < -0.39 is 0 Å². The summed E-state index contributed by atoms with van der Waals surface area (Å²) in [6, 6.07) is 16.1. The molecule has 2 aromatic carbocycles. The molecule has 0 radical (unpaired) electrons. The predicted molar refractivity (Wildman–Crippen MR) is 124 cm³/mol. The van der Waals surface area contributed by atoms with Gasteiger partial charge in [-0.2, -0.15) is 0 Å². The second-order valence-corrected chi connectivity index (χ2v) is 8.08. The van der Waals surface area contributed by atoms with E-state index in [1.807, 2.05) is 57.2 Å². The minimum Gasteiger partial charge on any atom is -0.494 e. The lowest BCUT2D eigenvalue weighted by Crippen LogP contribution is -1.99. The molecule has 0 aliphatic heterocycles. The molecule has 0 saturated heterocycles. The van der Waals surface area contributed by atoms with Gasteiger partial charge in [0.2, 0.25) is 0 Å². The maximum atomic E-state index is 5.60. The molecule has 0 spiro atoms. The van der Waals surface area contributed by atoms with Gasteiger partial charge < -0.3 is 14.8 Å². The summed E-state index contributed by atoms with van der Waals surface area (Å²) in [6.07, 6.45) is 0. The normalized spacial score (nSPS) is 10.9. The fraction of sp³-hybridized carbons (Fsp3) is 0.250. The summed E-state index contributed by atoms with van der Waals surface area (Å²) in [7, 11) is 0. The van der Waals surface area contributed by atoms with Gasteiger partial charge in [0, 0.05) is 16.1 Å². The van der Waals surface area contributed by atoms with Crippen LogP contribution >= 0.6 is 11.3 Å². The Morgan fingerprint density at radius 2 is 1.43 bits per heavy atom. The van der Waals surface area contributed by atoms with Crippen LogP contribution in [-0.4, -0.2) is 23.2 Å². The van der Waals surface area contributed by atoms with Gasteiger partial charge in [-0.3, -0.25) is 0 Å². The van der Waals surface area contributed by atoms with Gasteiger partial charge in [-0.05, 0) is 69.7 Å². The summed E-state index contributed by atoms with van der Waals surface area (Å²) >= 11 is 1.69. The number of benzene rings is 2. The average Bonchev–Trinajstić information content (AvgIpc) is 3.06. The maximum absolute atomic E-state index is 5.60. The number of nitrogens with one attached hydrogen (secondary N) is 1. The maximum Gasteiger partial charge on any atom is 0.143 e. The van der Waals surface area contributed by atoms with E-state index in [-0.39, 0.29) is 0 Å². The molecule has 4 rings (SSSR count). The summed E-state index contributed by atoms with van der Waals surface area (Å²) in [6.45, 7) is 9.33. The lowest BCUT2D eigenvalue weighted by molar-refractivity contribution is 0.340. The van der Waals surface area contributed by atoms with E-state index in [4.69, 9.17) is 19.4 Å². The van der Waals surface area contributed by atoms with E-state index in [2.05, 4.69) is 24.4 Å². The van der Waals surface area contributed by atoms with Crippen molar-refractivity contribution in [2.24, 2.45) is 0 Å². The third-order valence-corrected chi connectivity index (χ3v) is 5.72. The molecule has 154 valence electrons. The van der Waals surface area contributed by atoms with Crippen LogP contribution in [-0.2, 0) is 0 Å². The van der Waals surface area contributed by atoms with E-state index in [1.165, 1.54) is 4.88 Å². The Morgan fingerprint density at radius 1 is 0.833 bits per heavy atom. The third-order valence-electron chi connectivity index (χ3n) is 4.72. The number of thiophene rings is 1. The van der Waals surface area contributed by atoms with Crippen molar-refractivity contribution in [3.8, 4) is 22.6 Å². The Labute approximate surface area is 180 Å². The van der Waals surface area contributed by atoms with Crippen molar-refractivity contribution in [1.29, 1.82) is 0 Å².